The second-order valence-electron chi connectivity index (χ2n) is 12.2. The molecule has 0 N–H and O–H groups in total. The molecule has 1 aromatic carbocycles. The predicted molar refractivity (Wildman–Crippen MR) is 165 cm³/mol. The molecule has 0 amide bonds. The molecule has 0 aliphatic rings. The fourth-order valence-corrected chi connectivity index (χ4v) is 6.94. The summed E-state index contributed by atoms with van der Waals surface area (Å²) in [5.74, 6) is 3.27. The normalized spacial score (nSPS) is 12.2. The van der Waals surface area contributed by atoms with Gasteiger partial charge in [-0.2, -0.15) is 9.05 Å². The molecule has 0 aromatic heterocycles. The summed E-state index contributed by atoms with van der Waals surface area (Å²) in [5, 5.41) is 0. The monoisotopic (exact) mass is 537 g/mol. The molecular weight excluding hydrogens is 475 g/mol. The maximum absolute atomic E-state index is 6.63. The van der Waals surface area contributed by atoms with Crippen molar-refractivity contribution in [3.63, 3.8) is 0 Å². The highest BCUT2D eigenvalue weighted by atomic mass is 31.2. The molecule has 0 radical (unpaired) electrons. The first-order valence-electron chi connectivity index (χ1n) is 15.7. The van der Waals surface area contributed by atoms with Crippen molar-refractivity contribution in [2.45, 2.75) is 138 Å². The molecule has 0 saturated heterocycles. The van der Waals surface area contributed by atoms with Crippen LogP contribution in [0.5, 0.6) is 5.75 Å². The Labute approximate surface area is 232 Å². The van der Waals surface area contributed by atoms with Gasteiger partial charge in [0.05, 0.1) is 13.2 Å². The Hall–Kier alpha value is -0.630. The SMILES string of the molecule is CC(C)CCCCCCO[P+](CCCCCCC(C)C)(OCCCCCCC(C)C)Oc1ccccc1. The molecule has 1 aromatic rings. The largest absolute Gasteiger partial charge is 0.456 e. The fraction of sp³-hybridized carbons (Fsp3) is 0.818. The van der Waals surface area contributed by atoms with Gasteiger partial charge in [-0.3, -0.25) is 4.52 Å². The van der Waals surface area contributed by atoms with Crippen LogP contribution in [0, 0.1) is 17.8 Å². The van der Waals surface area contributed by atoms with Gasteiger partial charge in [-0.15, -0.1) is 0 Å². The zero-order valence-electron chi connectivity index (χ0n) is 25.5. The van der Waals surface area contributed by atoms with E-state index in [1.54, 1.807) is 0 Å². The van der Waals surface area contributed by atoms with E-state index in [2.05, 4.69) is 41.5 Å². The lowest BCUT2D eigenvalue weighted by Crippen LogP contribution is -2.15. The lowest BCUT2D eigenvalue weighted by Gasteiger charge is -2.23. The van der Waals surface area contributed by atoms with Gasteiger partial charge in [-0.05, 0) is 55.6 Å². The van der Waals surface area contributed by atoms with Gasteiger partial charge in [0.1, 0.15) is 6.16 Å². The summed E-state index contributed by atoms with van der Waals surface area (Å²) in [5.41, 5.74) is 0. The highest BCUT2D eigenvalue weighted by Crippen LogP contribution is 2.62. The average molecular weight is 538 g/mol. The fourth-order valence-electron chi connectivity index (χ4n) is 4.54. The Morgan fingerprint density at radius 1 is 0.514 bits per heavy atom. The van der Waals surface area contributed by atoms with Crippen molar-refractivity contribution >= 4 is 7.94 Å². The summed E-state index contributed by atoms with van der Waals surface area (Å²) in [6.45, 7) is 15.4. The molecule has 3 nitrogen and oxygen atoms in total. The standard InChI is InChI=1S/C33H62O3P/c1-30(2)22-14-7-10-19-27-34-37(36-33-25-17-13-18-26-33,29-21-12-9-16-24-32(5)6)35-28-20-11-8-15-23-31(3)4/h13,17-18,25-26,30-32H,7-12,14-16,19-24,27-29H2,1-6H3/q+1. The smallest absolute Gasteiger partial charge is 0.287 e. The minimum absolute atomic E-state index is 0.740. The second-order valence-corrected chi connectivity index (χ2v) is 14.6. The Balaban J connectivity index is 2.68. The summed E-state index contributed by atoms with van der Waals surface area (Å²) in [4.78, 5) is 0. The molecule has 0 aliphatic heterocycles. The molecule has 0 spiro atoms. The lowest BCUT2D eigenvalue weighted by atomic mass is 10.0. The molecule has 0 heterocycles. The summed E-state index contributed by atoms with van der Waals surface area (Å²) < 4.78 is 19.9. The van der Waals surface area contributed by atoms with E-state index in [0.29, 0.717) is 0 Å². The van der Waals surface area contributed by atoms with Crippen LogP contribution in [0.3, 0.4) is 0 Å². The number of unbranched alkanes of at least 4 members (excludes halogenated alkanes) is 9. The summed E-state index contributed by atoms with van der Waals surface area (Å²) in [7, 11) is -2.43. The van der Waals surface area contributed by atoms with E-state index in [4.69, 9.17) is 13.6 Å². The minimum Gasteiger partial charge on any atom is -0.287 e. The van der Waals surface area contributed by atoms with Crippen LogP contribution >= 0.6 is 7.94 Å². The predicted octanol–water partition coefficient (Wildman–Crippen LogP) is 11.7. The van der Waals surface area contributed by atoms with E-state index >= 15 is 0 Å². The first-order valence-corrected chi connectivity index (χ1v) is 17.5. The van der Waals surface area contributed by atoms with Crippen LogP contribution in [0.4, 0.5) is 0 Å². The van der Waals surface area contributed by atoms with E-state index in [9.17, 15) is 0 Å². The molecule has 0 bridgehead atoms. The van der Waals surface area contributed by atoms with Crippen LogP contribution in [-0.2, 0) is 9.05 Å². The minimum atomic E-state index is -2.43. The van der Waals surface area contributed by atoms with Gasteiger partial charge in [-0.1, -0.05) is 130 Å². The first-order chi connectivity index (χ1) is 17.8. The van der Waals surface area contributed by atoms with Gasteiger partial charge < -0.3 is 0 Å². The third-order valence-electron chi connectivity index (χ3n) is 6.88. The quantitative estimate of drug-likeness (QED) is 0.0917. The van der Waals surface area contributed by atoms with Crippen molar-refractivity contribution in [3.8, 4) is 5.75 Å². The third kappa shape index (κ3) is 20.0. The van der Waals surface area contributed by atoms with E-state index in [1.807, 2.05) is 30.3 Å². The van der Waals surface area contributed by atoms with Crippen molar-refractivity contribution in [1.29, 1.82) is 0 Å². The molecule has 0 aliphatic carbocycles. The number of para-hydroxylation sites is 1. The average Bonchev–Trinajstić information content (AvgIpc) is 2.85. The van der Waals surface area contributed by atoms with Crippen LogP contribution in [-0.4, -0.2) is 19.4 Å². The van der Waals surface area contributed by atoms with E-state index in [0.717, 1.165) is 62.1 Å². The Kier molecular flexibility index (Phi) is 20.7. The molecule has 0 atom stereocenters. The number of hydrogen-bond donors (Lipinski definition) is 0. The molecular formula is C33H62O3P+. The number of rotatable bonds is 25. The van der Waals surface area contributed by atoms with Crippen molar-refractivity contribution in [2.75, 3.05) is 19.4 Å². The highest BCUT2D eigenvalue weighted by molar-refractivity contribution is 7.62. The van der Waals surface area contributed by atoms with Gasteiger partial charge in [0.25, 0.3) is 0 Å². The Morgan fingerprint density at radius 2 is 0.919 bits per heavy atom. The zero-order valence-corrected chi connectivity index (χ0v) is 26.4. The molecule has 0 unspecified atom stereocenters. The zero-order chi connectivity index (χ0) is 27.2. The Morgan fingerprint density at radius 3 is 1.35 bits per heavy atom. The van der Waals surface area contributed by atoms with Gasteiger partial charge >= 0.3 is 7.94 Å². The summed E-state index contributed by atoms with van der Waals surface area (Å²) in [6.07, 6.45) is 19.7. The van der Waals surface area contributed by atoms with Gasteiger partial charge in [0.2, 0.25) is 0 Å². The third-order valence-corrected chi connectivity index (χ3v) is 9.38. The van der Waals surface area contributed by atoms with Crippen molar-refractivity contribution < 1.29 is 13.6 Å². The van der Waals surface area contributed by atoms with Crippen LogP contribution in [0.2, 0.25) is 0 Å². The van der Waals surface area contributed by atoms with Crippen LogP contribution in [0.15, 0.2) is 30.3 Å². The summed E-state index contributed by atoms with van der Waals surface area (Å²) >= 11 is 0. The number of benzene rings is 1. The van der Waals surface area contributed by atoms with Gasteiger partial charge in [0.15, 0.2) is 5.75 Å². The summed E-state index contributed by atoms with van der Waals surface area (Å²) in [6, 6.07) is 10.2. The van der Waals surface area contributed by atoms with Gasteiger partial charge in [-0.25, -0.2) is 0 Å². The van der Waals surface area contributed by atoms with E-state index < -0.39 is 7.94 Å². The topological polar surface area (TPSA) is 27.7 Å². The van der Waals surface area contributed by atoms with Crippen LogP contribution in [0.1, 0.15) is 138 Å². The van der Waals surface area contributed by atoms with Crippen LogP contribution < -0.4 is 4.52 Å². The Bertz CT molecular complexity index is 595. The molecule has 216 valence electrons. The first kappa shape index (κ1) is 34.4. The van der Waals surface area contributed by atoms with Crippen molar-refractivity contribution in [1.82, 2.24) is 0 Å². The van der Waals surface area contributed by atoms with Crippen molar-refractivity contribution in [3.05, 3.63) is 30.3 Å². The molecule has 4 heteroatoms. The highest BCUT2D eigenvalue weighted by Gasteiger charge is 2.46. The van der Waals surface area contributed by atoms with Gasteiger partial charge in [0, 0.05) is 0 Å². The maximum atomic E-state index is 6.63. The van der Waals surface area contributed by atoms with Crippen molar-refractivity contribution in [2.24, 2.45) is 17.8 Å². The second kappa shape index (κ2) is 22.2. The number of hydrogen-bond acceptors (Lipinski definition) is 3. The molecule has 37 heavy (non-hydrogen) atoms. The van der Waals surface area contributed by atoms with Crippen LogP contribution in [0.25, 0.3) is 0 Å². The van der Waals surface area contributed by atoms with E-state index in [1.165, 1.54) is 77.0 Å². The molecule has 0 fully saturated rings. The lowest BCUT2D eigenvalue weighted by molar-refractivity contribution is 0.174. The maximum Gasteiger partial charge on any atom is 0.456 e. The van der Waals surface area contributed by atoms with E-state index in [-0.39, 0.29) is 0 Å². The molecule has 1 rings (SSSR count). The molecule has 0 saturated carbocycles.